The van der Waals surface area contributed by atoms with Crippen molar-refractivity contribution in [1.29, 1.82) is 5.26 Å². The number of hydrogen-bond acceptors (Lipinski definition) is 4. The monoisotopic (exact) mass is 349 g/mol. The topological polar surface area (TPSA) is 65.2 Å². The predicted octanol–water partition coefficient (Wildman–Crippen LogP) is 2.27. The van der Waals surface area contributed by atoms with Gasteiger partial charge in [0.1, 0.15) is 0 Å². The number of rotatable bonds is 4. The second-order valence-corrected chi connectivity index (χ2v) is 7.16. The maximum absolute atomic E-state index is 12.9. The van der Waals surface area contributed by atoms with Crippen molar-refractivity contribution in [2.45, 2.75) is 31.8 Å². The van der Waals surface area contributed by atoms with Gasteiger partial charge in [-0.3, -0.25) is 14.4 Å². The Morgan fingerprint density at radius 3 is 2.54 bits per heavy atom. The Hall–Kier alpha value is -2.65. The maximum Gasteiger partial charge on any atom is 0.244 e. The van der Waals surface area contributed by atoms with Crippen molar-refractivity contribution in [2.24, 2.45) is 5.92 Å². The second kappa shape index (κ2) is 7.30. The van der Waals surface area contributed by atoms with Crippen molar-refractivity contribution in [3.05, 3.63) is 48.3 Å². The molecule has 1 aromatic heterocycles. The van der Waals surface area contributed by atoms with Gasteiger partial charge in [-0.15, -0.1) is 0 Å². The SMILES string of the molecule is N#Cc1ccc(N2CC[C@@H](N3CCC(Cn4cccn4)CC3)C2=O)cc1. The zero-order chi connectivity index (χ0) is 17.9. The molecule has 1 amide bonds. The van der Waals surface area contributed by atoms with Gasteiger partial charge in [-0.25, -0.2) is 0 Å². The lowest BCUT2D eigenvalue weighted by Gasteiger charge is -2.35. The molecule has 0 bridgehead atoms. The Morgan fingerprint density at radius 2 is 1.88 bits per heavy atom. The van der Waals surface area contributed by atoms with E-state index in [-0.39, 0.29) is 11.9 Å². The van der Waals surface area contributed by atoms with Gasteiger partial charge >= 0.3 is 0 Å². The van der Waals surface area contributed by atoms with Gasteiger partial charge in [0.15, 0.2) is 0 Å². The number of aromatic nitrogens is 2. The summed E-state index contributed by atoms with van der Waals surface area (Å²) in [5, 5.41) is 13.2. The van der Waals surface area contributed by atoms with Gasteiger partial charge in [0.25, 0.3) is 0 Å². The molecule has 4 rings (SSSR count). The predicted molar refractivity (Wildman–Crippen MR) is 98.4 cm³/mol. The summed E-state index contributed by atoms with van der Waals surface area (Å²) < 4.78 is 2.01. The largest absolute Gasteiger partial charge is 0.311 e. The average molecular weight is 349 g/mol. The minimum Gasteiger partial charge on any atom is -0.311 e. The molecular weight excluding hydrogens is 326 g/mol. The van der Waals surface area contributed by atoms with Crippen LogP contribution in [0.1, 0.15) is 24.8 Å². The molecule has 2 aromatic rings. The van der Waals surface area contributed by atoms with Gasteiger partial charge in [-0.1, -0.05) is 0 Å². The van der Waals surface area contributed by atoms with Gasteiger partial charge < -0.3 is 4.90 Å². The normalized spacial score (nSPS) is 21.9. The van der Waals surface area contributed by atoms with Crippen LogP contribution in [0.15, 0.2) is 42.7 Å². The van der Waals surface area contributed by atoms with Crippen molar-refractivity contribution in [1.82, 2.24) is 14.7 Å². The van der Waals surface area contributed by atoms with Gasteiger partial charge in [0.2, 0.25) is 5.91 Å². The van der Waals surface area contributed by atoms with Crippen LogP contribution in [0, 0.1) is 17.2 Å². The summed E-state index contributed by atoms with van der Waals surface area (Å²) in [5.74, 6) is 0.831. The molecule has 6 heteroatoms. The fraction of sp³-hybridized carbons (Fsp3) is 0.450. The maximum atomic E-state index is 12.9. The average Bonchev–Trinajstić information content (AvgIpc) is 3.32. The first-order valence-electron chi connectivity index (χ1n) is 9.27. The Bertz CT molecular complexity index is 785. The van der Waals surface area contributed by atoms with Crippen LogP contribution in [0.2, 0.25) is 0 Å². The highest BCUT2D eigenvalue weighted by molar-refractivity contribution is 5.99. The molecule has 2 aliphatic rings. The molecule has 0 radical (unpaired) electrons. The third-order valence-corrected chi connectivity index (χ3v) is 5.58. The van der Waals surface area contributed by atoms with Crippen molar-refractivity contribution in [2.75, 3.05) is 24.5 Å². The molecule has 0 aliphatic carbocycles. The van der Waals surface area contributed by atoms with E-state index >= 15 is 0 Å². The zero-order valence-electron chi connectivity index (χ0n) is 14.8. The standard InChI is InChI=1S/C20H23N5O/c21-14-16-2-4-18(5-3-16)25-13-8-19(20(25)26)23-11-6-17(7-12-23)15-24-10-1-9-22-24/h1-5,9-10,17,19H,6-8,11-13,15H2/t19-/m1/s1. The van der Waals surface area contributed by atoms with Crippen molar-refractivity contribution < 1.29 is 4.79 Å². The second-order valence-electron chi connectivity index (χ2n) is 7.16. The van der Waals surface area contributed by atoms with Crippen LogP contribution in [-0.4, -0.2) is 46.3 Å². The first-order chi connectivity index (χ1) is 12.7. The highest BCUT2D eigenvalue weighted by atomic mass is 16.2. The van der Waals surface area contributed by atoms with Crippen LogP contribution in [0.4, 0.5) is 5.69 Å². The van der Waals surface area contributed by atoms with Crippen LogP contribution in [-0.2, 0) is 11.3 Å². The van der Waals surface area contributed by atoms with E-state index < -0.39 is 0 Å². The molecule has 2 saturated heterocycles. The molecule has 0 spiro atoms. The Labute approximate surface area is 153 Å². The molecule has 26 heavy (non-hydrogen) atoms. The molecule has 134 valence electrons. The van der Waals surface area contributed by atoms with Crippen LogP contribution < -0.4 is 4.90 Å². The van der Waals surface area contributed by atoms with Crippen LogP contribution in [0.25, 0.3) is 0 Å². The number of nitriles is 1. The van der Waals surface area contributed by atoms with Gasteiger partial charge in [-0.05, 0) is 68.6 Å². The number of nitrogens with zero attached hydrogens (tertiary/aromatic N) is 5. The van der Waals surface area contributed by atoms with Gasteiger partial charge in [-0.2, -0.15) is 10.4 Å². The molecule has 6 nitrogen and oxygen atoms in total. The van der Waals surface area contributed by atoms with E-state index in [0.29, 0.717) is 11.5 Å². The number of carbonyl (C=O) groups is 1. The van der Waals surface area contributed by atoms with E-state index in [1.54, 1.807) is 12.1 Å². The van der Waals surface area contributed by atoms with E-state index in [1.807, 2.05) is 40.2 Å². The van der Waals surface area contributed by atoms with Crippen LogP contribution in [0.5, 0.6) is 0 Å². The van der Waals surface area contributed by atoms with E-state index in [9.17, 15) is 4.79 Å². The summed E-state index contributed by atoms with van der Waals surface area (Å²) in [4.78, 5) is 17.1. The molecule has 0 saturated carbocycles. The molecule has 2 aliphatic heterocycles. The smallest absolute Gasteiger partial charge is 0.244 e. The van der Waals surface area contributed by atoms with E-state index in [4.69, 9.17) is 5.26 Å². The molecular formula is C20H23N5O. The van der Waals surface area contributed by atoms with Gasteiger partial charge in [0, 0.05) is 31.2 Å². The Morgan fingerprint density at radius 1 is 1.12 bits per heavy atom. The van der Waals surface area contributed by atoms with Crippen molar-refractivity contribution in [3.8, 4) is 6.07 Å². The fourth-order valence-electron chi connectivity index (χ4n) is 4.10. The lowest BCUT2D eigenvalue weighted by Crippen LogP contribution is -2.46. The summed E-state index contributed by atoms with van der Waals surface area (Å²) in [5.41, 5.74) is 1.52. The number of benzene rings is 1. The van der Waals surface area contributed by atoms with Crippen molar-refractivity contribution in [3.63, 3.8) is 0 Å². The summed E-state index contributed by atoms with van der Waals surface area (Å²) in [6.45, 7) is 3.67. The lowest BCUT2D eigenvalue weighted by atomic mass is 9.95. The number of piperidine rings is 1. The Balaban J connectivity index is 1.34. The lowest BCUT2D eigenvalue weighted by molar-refractivity contribution is -0.122. The Kier molecular flexibility index (Phi) is 4.72. The molecule has 0 unspecified atom stereocenters. The van der Waals surface area contributed by atoms with E-state index in [0.717, 1.165) is 51.1 Å². The van der Waals surface area contributed by atoms with Crippen molar-refractivity contribution >= 4 is 11.6 Å². The number of carbonyl (C=O) groups excluding carboxylic acids is 1. The summed E-state index contributed by atoms with van der Waals surface area (Å²) in [6.07, 6.45) is 6.94. The molecule has 3 heterocycles. The number of hydrogen-bond donors (Lipinski definition) is 0. The third kappa shape index (κ3) is 3.35. The van der Waals surface area contributed by atoms with Crippen LogP contribution in [0.3, 0.4) is 0 Å². The summed E-state index contributed by atoms with van der Waals surface area (Å²) in [7, 11) is 0. The molecule has 0 N–H and O–H groups in total. The minimum atomic E-state index is -0.00343. The number of anilines is 1. The number of likely N-dealkylation sites (tertiary alicyclic amines) is 1. The van der Waals surface area contributed by atoms with E-state index in [2.05, 4.69) is 16.1 Å². The van der Waals surface area contributed by atoms with Gasteiger partial charge in [0.05, 0.1) is 17.7 Å². The molecule has 2 fully saturated rings. The molecule has 1 aromatic carbocycles. The fourth-order valence-corrected chi connectivity index (χ4v) is 4.10. The third-order valence-electron chi connectivity index (χ3n) is 5.58. The first kappa shape index (κ1) is 16.8. The highest BCUT2D eigenvalue weighted by Crippen LogP contribution is 2.28. The highest BCUT2D eigenvalue weighted by Gasteiger charge is 2.38. The zero-order valence-corrected chi connectivity index (χ0v) is 14.8. The quantitative estimate of drug-likeness (QED) is 0.849. The first-order valence-corrected chi connectivity index (χ1v) is 9.27. The van der Waals surface area contributed by atoms with E-state index in [1.165, 1.54) is 0 Å². The molecule has 1 atom stereocenters. The van der Waals surface area contributed by atoms with Crippen LogP contribution >= 0.6 is 0 Å². The summed E-state index contributed by atoms with van der Waals surface area (Å²) >= 11 is 0. The number of amides is 1. The minimum absolute atomic E-state index is 0.00343. The summed E-state index contributed by atoms with van der Waals surface area (Å²) in [6, 6.07) is 11.4.